The van der Waals surface area contributed by atoms with Gasteiger partial charge in [0.25, 0.3) is 5.91 Å². The summed E-state index contributed by atoms with van der Waals surface area (Å²) in [6.07, 6.45) is 0. The van der Waals surface area contributed by atoms with E-state index in [1.54, 1.807) is 13.0 Å². The lowest BCUT2D eigenvalue weighted by molar-refractivity contribution is -0.149. The third kappa shape index (κ3) is 4.14. The van der Waals surface area contributed by atoms with Gasteiger partial charge in [-0.25, -0.2) is 0 Å². The van der Waals surface area contributed by atoms with Crippen LogP contribution in [0.5, 0.6) is 0 Å². The summed E-state index contributed by atoms with van der Waals surface area (Å²) in [7, 11) is 0. The van der Waals surface area contributed by atoms with Crippen molar-refractivity contribution in [1.29, 1.82) is 5.26 Å². The number of hydrogen-bond donors (Lipinski definition) is 1. The second-order valence-corrected chi connectivity index (χ2v) is 3.28. The summed E-state index contributed by atoms with van der Waals surface area (Å²) in [5.74, 6) is -2.12. The van der Waals surface area contributed by atoms with Crippen molar-refractivity contribution in [2.75, 3.05) is 12.4 Å². The van der Waals surface area contributed by atoms with Crippen molar-refractivity contribution in [3.63, 3.8) is 0 Å². The van der Waals surface area contributed by atoms with Gasteiger partial charge < -0.3 is 4.74 Å². The molecule has 0 saturated heterocycles. The molecule has 1 atom stereocenters. The molecule has 0 heterocycles. The Morgan fingerprint density at radius 3 is 2.64 bits per heavy atom. The minimum absolute atomic E-state index is 0.158. The maximum absolute atomic E-state index is 11.2. The molecule has 0 saturated carbocycles. The minimum atomic E-state index is -1.37. The van der Waals surface area contributed by atoms with Crippen LogP contribution in [0.1, 0.15) is 13.8 Å². The van der Waals surface area contributed by atoms with Gasteiger partial charge in [-0.2, -0.15) is 5.26 Å². The summed E-state index contributed by atoms with van der Waals surface area (Å²) in [6, 6.07) is 1.60. The van der Waals surface area contributed by atoms with E-state index >= 15 is 0 Å². The van der Waals surface area contributed by atoms with E-state index in [1.165, 1.54) is 0 Å². The Morgan fingerprint density at radius 1 is 1.57 bits per heavy atom. The molecule has 0 aromatic rings. The first-order valence-electron chi connectivity index (χ1n) is 4.15. The van der Waals surface area contributed by atoms with Gasteiger partial charge in [0.05, 0.1) is 12.7 Å². The Kier molecular flexibility index (Phi) is 6.58. The molecular formula is C8H12N2O3S. The summed E-state index contributed by atoms with van der Waals surface area (Å²) in [5, 5.41) is 8.57. The van der Waals surface area contributed by atoms with Crippen LogP contribution < -0.4 is 4.72 Å². The van der Waals surface area contributed by atoms with Crippen LogP contribution in [0.25, 0.3) is 0 Å². The fourth-order valence-corrected chi connectivity index (χ4v) is 1.05. The summed E-state index contributed by atoms with van der Waals surface area (Å²) in [6.45, 7) is 3.62. The number of esters is 1. The number of nitriles is 1. The number of ether oxygens (including phenoxy) is 1. The van der Waals surface area contributed by atoms with E-state index < -0.39 is 17.8 Å². The highest BCUT2D eigenvalue weighted by Gasteiger charge is 2.27. The zero-order chi connectivity index (χ0) is 11.0. The fraction of sp³-hybridized carbons (Fsp3) is 0.625. The van der Waals surface area contributed by atoms with Gasteiger partial charge in [-0.3, -0.25) is 14.3 Å². The highest BCUT2D eigenvalue weighted by atomic mass is 32.2. The predicted octanol–water partition coefficient (Wildman–Crippen LogP) is 0.474. The van der Waals surface area contributed by atoms with Crippen LogP contribution in [-0.2, 0) is 14.3 Å². The third-order valence-electron chi connectivity index (χ3n) is 1.23. The molecule has 0 aromatic carbocycles. The van der Waals surface area contributed by atoms with Crippen LogP contribution in [-0.4, -0.2) is 24.2 Å². The summed E-state index contributed by atoms with van der Waals surface area (Å²) in [4.78, 5) is 22.3. The number of carbonyl (C=O) groups is 2. The monoisotopic (exact) mass is 216 g/mol. The number of rotatable bonds is 5. The van der Waals surface area contributed by atoms with E-state index in [4.69, 9.17) is 5.26 Å². The van der Waals surface area contributed by atoms with Crippen LogP contribution in [0.4, 0.5) is 0 Å². The molecule has 0 spiro atoms. The molecule has 1 amide bonds. The average Bonchev–Trinajstić information content (AvgIpc) is 2.16. The van der Waals surface area contributed by atoms with Crippen LogP contribution in [0.3, 0.4) is 0 Å². The number of amides is 1. The van der Waals surface area contributed by atoms with Crippen molar-refractivity contribution in [2.45, 2.75) is 13.8 Å². The van der Waals surface area contributed by atoms with E-state index in [2.05, 4.69) is 9.46 Å². The van der Waals surface area contributed by atoms with Gasteiger partial charge in [-0.1, -0.05) is 18.9 Å². The first-order valence-corrected chi connectivity index (χ1v) is 5.13. The van der Waals surface area contributed by atoms with Crippen LogP contribution in [0.2, 0.25) is 0 Å². The van der Waals surface area contributed by atoms with Crippen molar-refractivity contribution < 1.29 is 14.3 Å². The smallest absolute Gasteiger partial charge is 0.333 e. The second-order valence-electron chi connectivity index (χ2n) is 2.21. The minimum Gasteiger partial charge on any atom is -0.465 e. The molecule has 6 heteroatoms. The largest absolute Gasteiger partial charge is 0.465 e. The molecule has 1 N–H and O–H groups in total. The molecule has 0 fully saturated rings. The maximum atomic E-state index is 11.2. The number of carbonyl (C=O) groups excluding carboxylic acids is 2. The van der Waals surface area contributed by atoms with Gasteiger partial charge in [0.15, 0.2) is 0 Å². The molecular weight excluding hydrogens is 204 g/mol. The molecule has 0 radical (unpaired) electrons. The van der Waals surface area contributed by atoms with Crippen molar-refractivity contribution in [1.82, 2.24) is 4.72 Å². The van der Waals surface area contributed by atoms with Crippen LogP contribution in [0, 0.1) is 17.2 Å². The third-order valence-corrected chi connectivity index (χ3v) is 1.86. The second kappa shape index (κ2) is 7.21. The summed E-state index contributed by atoms with van der Waals surface area (Å²) >= 11 is 1.14. The quantitative estimate of drug-likeness (QED) is 0.410. The molecule has 0 rings (SSSR count). The highest BCUT2D eigenvalue weighted by molar-refractivity contribution is 7.97. The molecule has 0 bridgehead atoms. The van der Waals surface area contributed by atoms with Gasteiger partial charge in [0.2, 0.25) is 5.92 Å². The van der Waals surface area contributed by atoms with Gasteiger partial charge in [-0.05, 0) is 6.92 Å². The summed E-state index contributed by atoms with van der Waals surface area (Å²) < 4.78 is 6.94. The Morgan fingerprint density at radius 2 is 2.21 bits per heavy atom. The van der Waals surface area contributed by atoms with Gasteiger partial charge in [0, 0.05) is 5.75 Å². The normalized spacial score (nSPS) is 11.2. The summed E-state index contributed by atoms with van der Waals surface area (Å²) in [5.41, 5.74) is 0. The topological polar surface area (TPSA) is 79.2 Å². The molecule has 0 aliphatic rings. The molecule has 14 heavy (non-hydrogen) atoms. The van der Waals surface area contributed by atoms with Crippen LogP contribution in [0.15, 0.2) is 0 Å². The van der Waals surface area contributed by atoms with E-state index in [1.807, 2.05) is 6.92 Å². The Balaban J connectivity index is 4.20. The lowest BCUT2D eigenvalue weighted by atomic mass is 10.2. The van der Waals surface area contributed by atoms with Gasteiger partial charge in [-0.15, -0.1) is 0 Å². The lowest BCUT2D eigenvalue weighted by Gasteiger charge is -2.07. The van der Waals surface area contributed by atoms with Crippen molar-refractivity contribution in [2.24, 2.45) is 5.92 Å². The molecule has 0 aromatic heterocycles. The predicted molar refractivity (Wildman–Crippen MR) is 52.0 cm³/mol. The Bertz CT molecular complexity index is 249. The molecule has 5 nitrogen and oxygen atoms in total. The molecule has 0 aliphatic carbocycles. The first kappa shape index (κ1) is 12.8. The average molecular weight is 216 g/mol. The fourth-order valence-electron chi connectivity index (χ4n) is 0.646. The highest BCUT2D eigenvalue weighted by Crippen LogP contribution is 2.02. The van der Waals surface area contributed by atoms with Crippen molar-refractivity contribution in [3.8, 4) is 6.07 Å². The van der Waals surface area contributed by atoms with E-state index in [-0.39, 0.29) is 6.61 Å². The van der Waals surface area contributed by atoms with Crippen LogP contribution >= 0.6 is 11.9 Å². The SMILES string of the molecule is CCOC(=O)C(C#N)C(=O)NSCC. The maximum Gasteiger partial charge on any atom is 0.333 e. The molecule has 0 aliphatic heterocycles. The lowest BCUT2D eigenvalue weighted by Crippen LogP contribution is -2.32. The van der Waals surface area contributed by atoms with E-state index in [9.17, 15) is 9.59 Å². The Hall–Kier alpha value is -1.22. The standard InChI is InChI=1S/C8H12N2O3S/c1-3-13-8(12)6(5-9)7(11)10-14-4-2/h6H,3-4H2,1-2H3,(H,10,11). The molecule has 78 valence electrons. The van der Waals surface area contributed by atoms with Gasteiger partial charge in [0.1, 0.15) is 0 Å². The first-order chi connectivity index (χ1) is 6.67. The van der Waals surface area contributed by atoms with E-state index in [0.717, 1.165) is 11.9 Å². The zero-order valence-electron chi connectivity index (χ0n) is 8.07. The Labute approximate surface area is 86.9 Å². The number of hydrogen-bond acceptors (Lipinski definition) is 5. The van der Waals surface area contributed by atoms with Gasteiger partial charge >= 0.3 is 5.97 Å². The van der Waals surface area contributed by atoms with E-state index in [0.29, 0.717) is 5.75 Å². The molecule has 1 unspecified atom stereocenters. The van der Waals surface area contributed by atoms with Crippen molar-refractivity contribution in [3.05, 3.63) is 0 Å². The number of nitrogens with one attached hydrogen (secondary N) is 1. The van der Waals surface area contributed by atoms with Crippen molar-refractivity contribution >= 4 is 23.8 Å². The number of nitrogens with zero attached hydrogens (tertiary/aromatic N) is 1. The zero-order valence-corrected chi connectivity index (χ0v) is 8.89.